The van der Waals surface area contributed by atoms with E-state index in [4.69, 9.17) is 9.47 Å². The lowest BCUT2D eigenvalue weighted by atomic mass is 9.98. The number of aromatic nitrogens is 2. The van der Waals surface area contributed by atoms with Crippen LogP contribution in [0.2, 0.25) is 0 Å². The molecule has 2 aromatic carbocycles. The Balaban J connectivity index is 1.40. The van der Waals surface area contributed by atoms with Gasteiger partial charge in [-0.05, 0) is 43.2 Å². The number of amides is 1. The van der Waals surface area contributed by atoms with Crippen LogP contribution in [0.1, 0.15) is 23.2 Å². The second-order valence-electron chi connectivity index (χ2n) is 7.01. The molecule has 3 aromatic rings. The molecule has 1 atom stereocenters. The number of hydrogen-bond donors (Lipinski definition) is 0. The molecule has 1 unspecified atom stereocenters. The molecule has 6 heteroatoms. The zero-order valence-corrected chi connectivity index (χ0v) is 15.9. The maximum atomic E-state index is 13.0. The first-order valence-electron chi connectivity index (χ1n) is 9.50. The summed E-state index contributed by atoms with van der Waals surface area (Å²) >= 11 is 0. The first-order chi connectivity index (χ1) is 13.7. The molecule has 1 aliphatic rings. The summed E-state index contributed by atoms with van der Waals surface area (Å²) < 4.78 is 11.2. The number of benzene rings is 2. The summed E-state index contributed by atoms with van der Waals surface area (Å²) in [6.07, 6.45) is 5.33. The second kappa shape index (κ2) is 8.25. The van der Waals surface area contributed by atoms with E-state index in [-0.39, 0.29) is 5.91 Å². The summed E-state index contributed by atoms with van der Waals surface area (Å²) in [5, 5.41) is 0. The average molecular weight is 377 g/mol. The summed E-state index contributed by atoms with van der Waals surface area (Å²) in [7, 11) is 1.64. The van der Waals surface area contributed by atoms with Gasteiger partial charge in [-0.15, -0.1) is 0 Å². The largest absolute Gasteiger partial charge is 0.497 e. The van der Waals surface area contributed by atoms with Crippen LogP contribution in [0.5, 0.6) is 11.5 Å². The molecule has 0 N–H and O–H groups in total. The Morgan fingerprint density at radius 1 is 1.11 bits per heavy atom. The van der Waals surface area contributed by atoms with Crippen molar-refractivity contribution in [2.24, 2.45) is 5.92 Å². The van der Waals surface area contributed by atoms with Gasteiger partial charge in [0.1, 0.15) is 11.5 Å². The van der Waals surface area contributed by atoms with Crippen molar-refractivity contribution < 1.29 is 14.3 Å². The Hall–Kier alpha value is -3.15. The molecule has 0 saturated carbocycles. The Bertz CT molecular complexity index is 976. The van der Waals surface area contributed by atoms with Gasteiger partial charge in [-0.1, -0.05) is 6.07 Å². The fourth-order valence-electron chi connectivity index (χ4n) is 3.57. The number of hydrogen-bond acceptors (Lipinski definition) is 5. The zero-order valence-electron chi connectivity index (χ0n) is 15.9. The molecular formula is C22H23N3O3. The Kier molecular flexibility index (Phi) is 5.37. The molecule has 1 aromatic heterocycles. The first kappa shape index (κ1) is 18.2. The van der Waals surface area contributed by atoms with E-state index in [2.05, 4.69) is 9.97 Å². The topological polar surface area (TPSA) is 64.6 Å². The van der Waals surface area contributed by atoms with Crippen molar-refractivity contribution in [3.05, 3.63) is 60.4 Å². The molecule has 144 valence electrons. The summed E-state index contributed by atoms with van der Waals surface area (Å²) in [5.41, 5.74) is 2.19. The fraction of sp³-hybridized carbons (Fsp3) is 0.318. The third-order valence-electron chi connectivity index (χ3n) is 5.05. The van der Waals surface area contributed by atoms with Crippen LogP contribution < -0.4 is 9.47 Å². The van der Waals surface area contributed by atoms with Crippen LogP contribution in [0.25, 0.3) is 11.0 Å². The van der Waals surface area contributed by atoms with E-state index in [9.17, 15) is 4.79 Å². The van der Waals surface area contributed by atoms with Crippen LogP contribution in [-0.2, 0) is 0 Å². The van der Waals surface area contributed by atoms with E-state index in [1.54, 1.807) is 19.5 Å². The fourth-order valence-corrected chi connectivity index (χ4v) is 3.57. The lowest BCUT2D eigenvalue weighted by Crippen LogP contribution is -2.41. The molecule has 0 radical (unpaired) electrons. The first-order valence-corrected chi connectivity index (χ1v) is 9.50. The van der Waals surface area contributed by atoms with Gasteiger partial charge in [-0.25, -0.2) is 0 Å². The van der Waals surface area contributed by atoms with Gasteiger partial charge in [0.15, 0.2) is 0 Å². The summed E-state index contributed by atoms with van der Waals surface area (Å²) in [5.74, 6) is 1.91. The number of carbonyl (C=O) groups excluding carboxylic acids is 1. The van der Waals surface area contributed by atoms with Crippen LogP contribution in [-0.4, -0.2) is 47.6 Å². The van der Waals surface area contributed by atoms with Gasteiger partial charge in [0, 0.05) is 43.0 Å². The van der Waals surface area contributed by atoms with E-state index in [0.717, 1.165) is 41.9 Å². The molecular weight excluding hydrogens is 354 g/mol. The van der Waals surface area contributed by atoms with Gasteiger partial charge in [-0.3, -0.25) is 14.8 Å². The minimum atomic E-state index is 0.0404. The molecule has 0 bridgehead atoms. The van der Waals surface area contributed by atoms with Crippen molar-refractivity contribution >= 4 is 16.9 Å². The lowest BCUT2D eigenvalue weighted by molar-refractivity contribution is 0.0633. The maximum absolute atomic E-state index is 13.0. The summed E-state index contributed by atoms with van der Waals surface area (Å²) in [4.78, 5) is 23.4. The van der Waals surface area contributed by atoms with Crippen LogP contribution in [0.3, 0.4) is 0 Å². The molecule has 0 aliphatic carbocycles. The van der Waals surface area contributed by atoms with Gasteiger partial charge in [0.2, 0.25) is 0 Å². The molecule has 1 amide bonds. The van der Waals surface area contributed by atoms with Crippen LogP contribution >= 0.6 is 0 Å². The van der Waals surface area contributed by atoms with Gasteiger partial charge < -0.3 is 14.4 Å². The molecule has 0 spiro atoms. The van der Waals surface area contributed by atoms with Gasteiger partial charge in [0.25, 0.3) is 5.91 Å². The van der Waals surface area contributed by atoms with Gasteiger partial charge in [-0.2, -0.15) is 0 Å². The molecule has 1 fully saturated rings. The number of fused-ring (bicyclic) bond motifs is 1. The quantitative estimate of drug-likeness (QED) is 0.680. The number of likely N-dealkylation sites (tertiary alicyclic amines) is 1. The Morgan fingerprint density at radius 2 is 1.93 bits per heavy atom. The van der Waals surface area contributed by atoms with E-state index >= 15 is 0 Å². The normalized spacial score (nSPS) is 16.8. The Morgan fingerprint density at radius 3 is 2.79 bits per heavy atom. The predicted octanol–water partition coefficient (Wildman–Crippen LogP) is 3.57. The van der Waals surface area contributed by atoms with E-state index in [1.165, 1.54) is 0 Å². The van der Waals surface area contributed by atoms with Gasteiger partial charge >= 0.3 is 0 Å². The van der Waals surface area contributed by atoms with E-state index in [0.29, 0.717) is 24.6 Å². The number of carbonyl (C=O) groups is 1. The monoisotopic (exact) mass is 377 g/mol. The highest BCUT2D eigenvalue weighted by molar-refractivity contribution is 5.97. The highest BCUT2D eigenvalue weighted by Gasteiger charge is 2.25. The van der Waals surface area contributed by atoms with Crippen LogP contribution in [0.15, 0.2) is 54.9 Å². The van der Waals surface area contributed by atoms with Crippen molar-refractivity contribution in [2.45, 2.75) is 12.8 Å². The second-order valence-corrected chi connectivity index (χ2v) is 7.01. The van der Waals surface area contributed by atoms with Crippen molar-refractivity contribution in [3.63, 3.8) is 0 Å². The summed E-state index contributed by atoms with van der Waals surface area (Å²) in [6, 6.07) is 13.1. The predicted molar refractivity (Wildman–Crippen MR) is 107 cm³/mol. The number of ether oxygens (including phenoxy) is 2. The number of methoxy groups -OCH3 is 1. The SMILES string of the molecule is COc1cccc(OCC2CCCN(C(=O)c3ccc4nccnc4c3)C2)c1. The minimum Gasteiger partial charge on any atom is -0.497 e. The molecule has 6 nitrogen and oxygen atoms in total. The minimum absolute atomic E-state index is 0.0404. The average Bonchev–Trinajstić information content (AvgIpc) is 2.77. The Labute approximate surface area is 164 Å². The van der Waals surface area contributed by atoms with Crippen molar-refractivity contribution in [1.82, 2.24) is 14.9 Å². The summed E-state index contributed by atoms with van der Waals surface area (Å²) in [6.45, 7) is 2.05. The van der Waals surface area contributed by atoms with Crippen molar-refractivity contribution in [3.8, 4) is 11.5 Å². The molecule has 1 saturated heterocycles. The number of rotatable bonds is 5. The third kappa shape index (κ3) is 4.06. The van der Waals surface area contributed by atoms with E-state index < -0.39 is 0 Å². The number of nitrogens with zero attached hydrogens (tertiary/aromatic N) is 3. The maximum Gasteiger partial charge on any atom is 0.253 e. The molecule has 28 heavy (non-hydrogen) atoms. The van der Waals surface area contributed by atoms with Crippen molar-refractivity contribution in [2.75, 3.05) is 26.8 Å². The molecule has 4 rings (SSSR count). The highest BCUT2D eigenvalue weighted by Crippen LogP contribution is 2.23. The highest BCUT2D eigenvalue weighted by atomic mass is 16.5. The number of piperidine rings is 1. The lowest BCUT2D eigenvalue weighted by Gasteiger charge is -2.32. The third-order valence-corrected chi connectivity index (χ3v) is 5.05. The van der Waals surface area contributed by atoms with E-state index in [1.807, 2.05) is 47.4 Å². The molecule has 1 aliphatic heterocycles. The van der Waals surface area contributed by atoms with Crippen molar-refractivity contribution in [1.29, 1.82) is 0 Å². The smallest absolute Gasteiger partial charge is 0.253 e. The standard InChI is InChI=1S/C22H23N3O3/c1-27-18-5-2-6-19(13-18)28-15-16-4-3-11-25(14-16)22(26)17-7-8-20-21(12-17)24-10-9-23-20/h2,5-10,12-13,16H,3-4,11,14-15H2,1H3. The zero-order chi connectivity index (χ0) is 19.3. The van der Waals surface area contributed by atoms with Crippen LogP contribution in [0.4, 0.5) is 0 Å². The van der Waals surface area contributed by atoms with Crippen LogP contribution in [0, 0.1) is 5.92 Å². The van der Waals surface area contributed by atoms with Gasteiger partial charge in [0.05, 0.1) is 24.8 Å². The molecule has 2 heterocycles.